The van der Waals surface area contributed by atoms with Crippen LogP contribution in [0.3, 0.4) is 0 Å². The number of anilines is 1. The van der Waals surface area contributed by atoms with Gasteiger partial charge in [0.2, 0.25) is 11.8 Å². The molecule has 0 aromatic heterocycles. The van der Waals surface area contributed by atoms with Crippen LogP contribution in [0.2, 0.25) is 0 Å². The lowest BCUT2D eigenvalue weighted by atomic mass is 10.1. The van der Waals surface area contributed by atoms with Crippen LogP contribution in [0.25, 0.3) is 0 Å². The van der Waals surface area contributed by atoms with Crippen molar-refractivity contribution < 1.29 is 9.59 Å². The maximum absolute atomic E-state index is 12.3. The molecule has 2 amide bonds. The Hall–Kier alpha value is -1.88. The van der Waals surface area contributed by atoms with E-state index in [4.69, 9.17) is 0 Å². The zero-order valence-corrected chi connectivity index (χ0v) is 15.4. The number of benzene rings is 1. The summed E-state index contributed by atoms with van der Waals surface area (Å²) in [5.74, 6) is 0.456. The predicted octanol–water partition coefficient (Wildman–Crippen LogP) is 2.81. The topological polar surface area (TPSA) is 61.4 Å². The van der Waals surface area contributed by atoms with Gasteiger partial charge in [-0.2, -0.15) is 0 Å². The third kappa shape index (κ3) is 8.11. The van der Waals surface area contributed by atoms with Gasteiger partial charge in [-0.3, -0.25) is 14.5 Å². The highest BCUT2D eigenvalue weighted by atomic mass is 16.2. The van der Waals surface area contributed by atoms with Gasteiger partial charge in [0, 0.05) is 12.2 Å². The summed E-state index contributed by atoms with van der Waals surface area (Å²) in [5, 5.41) is 5.84. The van der Waals surface area contributed by atoms with Crippen LogP contribution >= 0.6 is 0 Å². The Morgan fingerprint density at radius 3 is 2.42 bits per heavy atom. The highest BCUT2D eigenvalue weighted by Gasteiger charge is 2.14. The summed E-state index contributed by atoms with van der Waals surface area (Å²) in [6.07, 6.45) is 1.87. The lowest BCUT2D eigenvalue weighted by Crippen LogP contribution is -2.41. The van der Waals surface area contributed by atoms with E-state index in [9.17, 15) is 9.59 Å². The molecule has 0 saturated heterocycles. The molecule has 0 atom stereocenters. The quantitative estimate of drug-likeness (QED) is 0.692. The highest BCUT2D eigenvalue weighted by Crippen LogP contribution is 2.12. The minimum absolute atomic E-state index is 0.0206. The molecular formula is C19H31N3O2. The van der Waals surface area contributed by atoms with Gasteiger partial charge in [-0.25, -0.2) is 0 Å². The van der Waals surface area contributed by atoms with Crippen molar-refractivity contribution in [3.63, 3.8) is 0 Å². The van der Waals surface area contributed by atoms with Gasteiger partial charge in [-0.05, 0) is 43.9 Å². The monoisotopic (exact) mass is 333 g/mol. The number of carbonyl (C=O) groups excluding carboxylic acids is 2. The molecule has 0 aliphatic carbocycles. The van der Waals surface area contributed by atoms with Gasteiger partial charge < -0.3 is 10.6 Å². The van der Waals surface area contributed by atoms with Crippen molar-refractivity contribution in [1.29, 1.82) is 0 Å². The lowest BCUT2D eigenvalue weighted by molar-refractivity contribution is -0.123. The smallest absolute Gasteiger partial charge is 0.238 e. The molecule has 0 fully saturated rings. The molecule has 0 aliphatic heterocycles. The Morgan fingerprint density at radius 1 is 1.12 bits per heavy atom. The SMILES string of the molecule is CCCN(CC(=O)NCCC(C)C)CC(=O)Nc1ccccc1C. The molecule has 0 heterocycles. The average molecular weight is 333 g/mol. The molecule has 0 bridgehead atoms. The van der Waals surface area contributed by atoms with Crippen LogP contribution in [0, 0.1) is 12.8 Å². The first-order valence-electron chi connectivity index (χ1n) is 8.76. The van der Waals surface area contributed by atoms with Crippen LogP contribution in [0.1, 0.15) is 39.2 Å². The standard InChI is InChI=1S/C19H31N3O2/c1-5-12-22(13-18(23)20-11-10-15(2)3)14-19(24)21-17-9-7-6-8-16(17)4/h6-9,15H,5,10-14H2,1-4H3,(H,20,23)(H,21,24). The van der Waals surface area contributed by atoms with Gasteiger partial charge in [0.25, 0.3) is 0 Å². The van der Waals surface area contributed by atoms with Crippen LogP contribution in [-0.2, 0) is 9.59 Å². The van der Waals surface area contributed by atoms with Crippen molar-refractivity contribution in [1.82, 2.24) is 10.2 Å². The highest BCUT2D eigenvalue weighted by molar-refractivity contribution is 5.93. The summed E-state index contributed by atoms with van der Waals surface area (Å²) in [6, 6.07) is 7.68. The van der Waals surface area contributed by atoms with Crippen molar-refractivity contribution in [3.05, 3.63) is 29.8 Å². The second-order valence-electron chi connectivity index (χ2n) is 6.61. The molecule has 0 spiro atoms. The summed E-state index contributed by atoms with van der Waals surface area (Å²) in [4.78, 5) is 26.2. The zero-order chi connectivity index (χ0) is 17.9. The van der Waals surface area contributed by atoms with Crippen LogP contribution < -0.4 is 10.6 Å². The fourth-order valence-electron chi connectivity index (χ4n) is 2.40. The Bertz CT molecular complexity index is 529. The van der Waals surface area contributed by atoms with E-state index in [0.717, 1.165) is 30.6 Å². The average Bonchev–Trinajstić information content (AvgIpc) is 2.49. The van der Waals surface area contributed by atoms with E-state index in [-0.39, 0.29) is 24.9 Å². The largest absolute Gasteiger partial charge is 0.355 e. The number of aryl methyl sites for hydroxylation is 1. The molecule has 1 aromatic rings. The van der Waals surface area contributed by atoms with Crippen molar-refractivity contribution in [2.75, 3.05) is 31.5 Å². The number of hydrogen-bond acceptors (Lipinski definition) is 3. The molecule has 0 saturated carbocycles. The second kappa shape index (κ2) is 10.8. The van der Waals surface area contributed by atoms with Gasteiger partial charge in [0.05, 0.1) is 13.1 Å². The first-order valence-corrected chi connectivity index (χ1v) is 8.76. The molecular weight excluding hydrogens is 302 g/mol. The normalized spacial score (nSPS) is 10.9. The minimum atomic E-state index is -0.0901. The predicted molar refractivity (Wildman–Crippen MR) is 99.0 cm³/mol. The summed E-state index contributed by atoms with van der Waals surface area (Å²) in [7, 11) is 0. The van der Waals surface area contributed by atoms with Crippen LogP contribution in [0.4, 0.5) is 5.69 Å². The van der Waals surface area contributed by atoms with Crippen molar-refractivity contribution in [3.8, 4) is 0 Å². The van der Waals surface area contributed by atoms with E-state index in [1.165, 1.54) is 0 Å². The van der Waals surface area contributed by atoms with E-state index in [0.29, 0.717) is 12.5 Å². The summed E-state index contributed by atoms with van der Waals surface area (Å²) >= 11 is 0. The molecule has 0 unspecified atom stereocenters. The van der Waals surface area contributed by atoms with Crippen molar-refractivity contribution >= 4 is 17.5 Å². The van der Waals surface area contributed by atoms with Gasteiger partial charge in [-0.1, -0.05) is 39.0 Å². The fourth-order valence-corrected chi connectivity index (χ4v) is 2.40. The first kappa shape index (κ1) is 20.2. The van der Waals surface area contributed by atoms with Gasteiger partial charge in [0.15, 0.2) is 0 Å². The molecule has 0 radical (unpaired) electrons. The van der Waals surface area contributed by atoms with Gasteiger partial charge in [-0.15, -0.1) is 0 Å². The maximum Gasteiger partial charge on any atom is 0.238 e. The lowest BCUT2D eigenvalue weighted by Gasteiger charge is -2.21. The third-order valence-electron chi connectivity index (χ3n) is 3.74. The Morgan fingerprint density at radius 2 is 1.79 bits per heavy atom. The molecule has 5 heteroatoms. The summed E-state index contributed by atoms with van der Waals surface area (Å²) in [6.45, 7) is 10.2. The number of nitrogens with zero attached hydrogens (tertiary/aromatic N) is 1. The molecule has 0 aliphatic rings. The Kier molecular flexibility index (Phi) is 9.08. The minimum Gasteiger partial charge on any atom is -0.355 e. The zero-order valence-electron chi connectivity index (χ0n) is 15.4. The number of hydrogen-bond donors (Lipinski definition) is 2. The number of nitrogens with one attached hydrogen (secondary N) is 2. The van der Waals surface area contributed by atoms with Crippen LogP contribution in [0.5, 0.6) is 0 Å². The molecule has 24 heavy (non-hydrogen) atoms. The van der Waals surface area contributed by atoms with Crippen LogP contribution in [0.15, 0.2) is 24.3 Å². The Labute approximate surface area is 145 Å². The van der Waals surface area contributed by atoms with Crippen molar-refractivity contribution in [2.45, 2.75) is 40.5 Å². The number of amides is 2. The summed E-state index contributed by atoms with van der Waals surface area (Å²) in [5.41, 5.74) is 1.85. The fraction of sp³-hybridized carbons (Fsp3) is 0.579. The number of rotatable bonds is 10. The van der Waals surface area contributed by atoms with E-state index < -0.39 is 0 Å². The second-order valence-corrected chi connectivity index (χ2v) is 6.61. The van der Waals surface area contributed by atoms with E-state index in [1.807, 2.05) is 43.0 Å². The van der Waals surface area contributed by atoms with Crippen LogP contribution in [-0.4, -0.2) is 42.9 Å². The molecule has 134 valence electrons. The van der Waals surface area contributed by atoms with Crippen molar-refractivity contribution in [2.24, 2.45) is 5.92 Å². The molecule has 5 nitrogen and oxygen atoms in total. The van der Waals surface area contributed by atoms with E-state index in [2.05, 4.69) is 24.5 Å². The maximum atomic E-state index is 12.3. The third-order valence-corrected chi connectivity index (χ3v) is 3.74. The first-order chi connectivity index (χ1) is 11.4. The number of carbonyl (C=O) groups is 2. The van der Waals surface area contributed by atoms with E-state index >= 15 is 0 Å². The van der Waals surface area contributed by atoms with Gasteiger partial charge in [0.1, 0.15) is 0 Å². The molecule has 2 N–H and O–H groups in total. The van der Waals surface area contributed by atoms with E-state index in [1.54, 1.807) is 0 Å². The molecule has 1 aromatic carbocycles. The summed E-state index contributed by atoms with van der Waals surface area (Å²) < 4.78 is 0. The molecule has 1 rings (SSSR count). The van der Waals surface area contributed by atoms with Gasteiger partial charge >= 0.3 is 0 Å². The number of para-hydroxylation sites is 1. The Balaban J connectivity index is 2.48.